The molecule has 2 rings (SSSR count). The van der Waals surface area contributed by atoms with Gasteiger partial charge in [0.25, 0.3) is 5.91 Å². The van der Waals surface area contributed by atoms with Crippen LogP contribution in [0.5, 0.6) is 0 Å². The van der Waals surface area contributed by atoms with Crippen molar-refractivity contribution in [2.24, 2.45) is 0 Å². The van der Waals surface area contributed by atoms with Gasteiger partial charge < -0.3 is 9.67 Å². The molecule has 0 fully saturated rings. The second kappa shape index (κ2) is 5.69. The molecule has 2 N–H and O–H groups in total. The van der Waals surface area contributed by atoms with Crippen LogP contribution in [-0.4, -0.2) is 26.5 Å². The van der Waals surface area contributed by atoms with Crippen LogP contribution >= 0.6 is 11.3 Å². The zero-order chi connectivity index (χ0) is 15.6. The van der Waals surface area contributed by atoms with Gasteiger partial charge in [0, 0.05) is 17.0 Å². The van der Waals surface area contributed by atoms with Gasteiger partial charge in [-0.3, -0.25) is 14.9 Å². The quantitative estimate of drug-likeness (QED) is 0.909. The van der Waals surface area contributed by atoms with E-state index in [1.54, 1.807) is 18.3 Å². The molecule has 2 aromatic heterocycles. The van der Waals surface area contributed by atoms with Crippen molar-refractivity contribution < 1.29 is 14.7 Å². The molecule has 0 saturated carbocycles. The zero-order valence-corrected chi connectivity index (χ0v) is 12.9. The van der Waals surface area contributed by atoms with Crippen LogP contribution in [0.2, 0.25) is 0 Å². The lowest BCUT2D eigenvalue weighted by Gasteiger charge is -2.14. The Morgan fingerprint density at radius 2 is 2.14 bits per heavy atom. The van der Waals surface area contributed by atoms with Crippen LogP contribution in [0.25, 0.3) is 0 Å². The Morgan fingerprint density at radius 3 is 2.71 bits per heavy atom. The molecular weight excluding hydrogens is 290 g/mol. The van der Waals surface area contributed by atoms with Crippen LogP contribution < -0.4 is 5.32 Å². The lowest BCUT2D eigenvalue weighted by Crippen LogP contribution is -2.19. The third-order valence-corrected chi connectivity index (χ3v) is 3.62. The van der Waals surface area contributed by atoms with E-state index in [-0.39, 0.29) is 17.9 Å². The number of amides is 1. The monoisotopic (exact) mass is 307 g/mol. The SMILES string of the molecule is CC(C)(C)c1csc(NC(=O)c2cccn2CC(=O)O)n1. The lowest BCUT2D eigenvalue weighted by molar-refractivity contribution is -0.137. The summed E-state index contributed by atoms with van der Waals surface area (Å²) in [4.78, 5) is 27.3. The molecule has 112 valence electrons. The maximum absolute atomic E-state index is 12.2. The molecule has 0 aliphatic rings. The number of aliphatic carboxylic acids is 1. The highest BCUT2D eigenvalue weighted by molar-refractivity contribution is 7.14. The maximum Gasteiger partial charge on any atom is 0.323 e. The van der Waals surface area contributed by atoms with E-state index in [1.807, 2.05) is 26.2 Å². The molecule has 0 aliphatic heterocycles. The minimum absolute atomic E-state index is 0.0804. The number of hydrogen-bond acceptors (Lipinski definition) is 4. The van der Waals surface area contributed by atoms with Crippen LogP contribution in [0.3, 0.4) is 0 Å². The average Bonchev–Trinajstić information content (AvgIpc) is 2.96. The highest BCUT2D eigenvalue weighted by Gasteiger charge is 2.19. The lowest BCUT2D eigenvalue weighted by atomic mass is 9.93. The molecule has 0 atom stereocenters. The summed E-state index contributed by atoms with van der Waals surface area (Å²) in [5.74, 6) is -1.36. The van der Waals surface area contributed by atoms with Crippen LogP contribution in [0.1, 0.15) is 37.0 Å². The van der Waals surface area contributed by atoms with E-state index in [0.29, 0.717) is 10.8 Å². The van der Waals surface area contributed by atoms with E-state index in [4.69, 9.17) is 5.11 Å². The Morgan fingerprint density at radius 1 is 1.43 bits per heavy atom. The summed E-state index contributed by atoms with van der Waals surface area (Å²) in [5.41, 5.74) is 1.12. The number of anilines is 1. The van der Waals surface area contributed by atoms with Crippen LogP contribution in [0, 0.1) is 0 Å². The number of nitrogens with one attached hydrogen (secondary N) is 1. The fraction of sp³-hybridized carbons (Fsp3) is 0.357. The fourth-order valence-electron chi connectivity index (χ4n) is 1.74. The molecule has 1 amide bonds. The van der Waals surface area contributed by atoms with Gasteiger partial charge in [0.2, 0.25) is 0 Å². The van der Waals surface area contributed by atoms with Crippen molar-refractivity contribution in [1.29, 1.82) is 0 Å². The van der Waals surface area contributed by atoms with Crippen LogP contribution in [0.4, 0.5) is 5.13 Å². The van der Waals surface area contributed by atoms with Gasteiger partial charge >= 0.3 is 5.97 Å². The number of hydrogen-bond donors (Lipinski definition) is 2. The van der Waals surface area contributed by atoms with Crippen molar-refractivity contribution in [3.8, 4) is 0 Å². The van der Waals surface area contributed by atoms with Crippen molar-refractivity contribution in [2.75, 3.05) is 5.32 Å². The van der Waals surface area contributed by atoms with Crippen molar-refractivity contribution in [3.63, 3.8) is 0 Å². The molecule has 2 heterocycles. The molecule has 21 heavy (non-hydrogen) atoms. The number of carboxylic acid groups (broad SMARTS) is 1. The molecule has 6 nitrogen and oxygen atoms in total. The first-order valence-corrected chi connectivity index (χ1v) is 7.29. The Kier molecular flexibility index (Phi) is 4.13. The molecule has 7 heteroatoms. The van der Waals surface area contributed by atoms with Gasteiger partial charge in [-0.05, 0) is 12.1 Å². The first-order valence-electron chi connectivity index (χ1n) is 6.41. The van der Waals surface area contributed by atoms with Gasteiger partial charge in [-0.15, -0.1) is 11.3 Å². The van der Waals surface area contributed by atoms with E-state index in [0.717, 1.165) is 5.69 Å². The molecule has 0 radical (unpaired) electrons. The number of carbonyl (C=O) groups excluding carboxylic acids is 1. The van der Waals surface area contributed by atoms with Gasteiger partial charge in [0.15, 0.2) is 5.13 Å². The largest absolute Gasteiger partial charge is 0.480 e. The third-order valence-electron chi connectivity index (χ3n) is 2.86. The number of thiazole rings is 1. The zero-order valence-electron chi connectivity index (χ0n) is 12.1. The molecule has 0 bridgehead atoms. The Hall–Kier alpha value is -2.15. The summed E-state index contributed by atoms with van der Waals surface area (Å²) in [7, 11) is 0. The molecule has 0 aliphatic carbocycles. The standard InChI is InChI=1S/C14H17N3O3S/c1-14(2,3)10-8-21-13(15-10)16-12(20)9-5-4-6-17(9)7-11(18)19/h4-6,8H,7H2,1-3H3,(H,18,19)(H,15,16,20). The summed E-state index contributed by atoms with van der Waals surface area (Å²) < 4.78 is 1.38. The Balaban J connectivity index is 2.13. The van der Waals surface area contributed by atoms with Gasteiger partial charge in [0.05, 0.1) is 5.69 Å². The van der Waals surface area contributed by atoms with E-state index in [9.17, 15) is 9.59 Å². The first-order chi connectivity index (χ1) is 9.77. The van der Waals surface area contributed by atoms with Gasteiger partial charge in [-0.25, -0.2) is 4.98 Å². The van der Waals surface area contributed by atoms with E-state index >= 15 is 0 Å². The third kappa shape index (κ3) is 3.69. The summed E-state index contributed by atoms with van der Waals surface area (Å²) in [5, 5.41) is 13.9. The maximum atomic E-state index is 12.2. The first kappa shape index (κ1) is 15.2. The van der Waals surface area contributed by atoms with Gasteiger partial charge in [-0.1, -0.05) is 20.8 Å². The minimum atomic E-state index is -0.996. The summed E-state index contributed by atoms with van der Waals surface area (Å²) in [6.07, 6.45) is 1.56. The van der Waals surface area contributed by atoms with E-state index in [2.05, 4.69) is 10.3 Å². The van der Waals surface area contributed by atoms with Crippen molar-refractivity contribution in [1.82, 2.24) is 9.55 Å². The number of rotatable bonds is 4. The average molecular weight is 307 g/mol. The van der Waals surface area contributed by atoms with E-state index < -0.39 is 5.97 Å². The molecule has 2 aromatic rings. The predicted octanol–water partition coefficient (Wildman–Crippen LogP) is 2.58. The number of carbonyl (C=O) groups is 2. The highest BCUT2D eigenvalue weighted by Crippen LogP contribution is 2.26. The fourth-order valence-corrected chi connectivity index (χ4v) is 2.67. The van der Waals surface area contributed by atoms with E-state index in [1.165, 1.54) is 15.9 Å². The smallest absolute Gasteiger partial charge is 0.323 e. The number of carboxylic acids is 1. The molecular formula is C14H17N3O3S. The predicted molar refractivity (Wildman–Crippen MR) is 80.8 cm³/mol. The summed E-state index contributed by atoms with van der Waals surface area (Å²) in [6.45, 7) is 5.89. The second-order valence-corrected chi connectivity index (χ2v) is 6.52. The van der Waals surface area contributed by atoms with Gasteiger partial charge in [0.1, 0.15) is 12.2 Å². The van der Waals surface area contributed by atoms with Crippen molar-refractivity contribution in [3.05, 3.63) is 35.1 Å². The van der Waals surface area contributed by atoms with Crippen molar-refractivity contribution in [2.45, 2.75) is 32.7 Å². The van der Waals surface area contributed by atoms with Crippen LogP contribution in [-0.2, 0) is 16.8 Å². The number of aromatic nitrogens is 2. The van der Waals surface area contributed by atoms with Crippen LogP contribution in [0.15, 0.2) is 23.7 Å². The normalized spacial score (nSPS) is 11.4. The molecule has 0 saturated heterocycles. The molecule has 0 aromatic carbocycles. The minimum Gasteiger partial charge on any atom is -0.480 e. The van der Waals surface area contributed by atoms with Gasteiger partial charge in [-0.2, -0.15) is 0 Å². The molecule has 0 unspecified atom stereocenters. The number of nitrogens with zero attached hydrogens (tertiary/aromatic N) is 2. The van der Waals surface area contributed by atoms with Crippen molar-refractivity contribution >= 4 is 28.3 Å². The summed E-state index contributed by atoms with van der Waals surface area (Å²) in [6, 6.07) is 3.22. The topological polar surface area (TPSA) is 84.2 Å². The molecule has 0 spiro atoms. The Bertz CT molecular complexity index is 667. The summed E-state index contributed by atoms with van der Waals surface area (Å²) >= 11 is 1.35. The Labute approximate surface area is 126 Å². The highest BCUT2D eigenvalue weighted by atomic mass is 32.1. The second-order valence-electron chi connectivity index (χ2n) is 5.66.